The summed E-state index contributed by atoms with van der Waals surface area (Å²) < 4.78 is 10.8. The molecular weight excluding hydrogens is 340 g/mol. The van der Waals surface area contributed by atoms with Gasteiger partial charge in [-0.15, -0.1) is 0 Å². The first-order valence-corrected chi connectivity index (χ1v) is 9.28. The lowest BCUT2D eigenvalue weighted by atomic mass is 9.75. The molecule has 6 heteroatoms. The Morgan fingerprint density at radius 2 is 2.16 bits per heavy atom. The topological polar surface area (TPSA) is 42.0 Å². The van der Waals surface area contributed by atoms with E-state index in [4.69, 9.17) is 21.1 Å². The van der Waals surface area contributed by atoms with Crippen LogP contribution in [0, 0.1) is 5.92 Å². The number of likely N-dealkylation sites (tertiary alicyclic amines) is 2. The fourth-order valence-electron chi connectivity index (χ4n) is 3.98. The predicted molar refractivity (Wildman–Crippen MR) is 98.5 cm³/mol. The normalized spacial score (nSPS) is 22.7. The Morgan fingerprint density at radius 1 is 1.40 bits per heavy atom. The molecule has 0 bridgehead atoms. The molecule has 1 amide bonds. The number of piperidine rings is 1. The molecule has 1 spiro atoms. The van der Waals surface area contributed by atoms with Gasteiger partial charge in [0.05, 0.1) is 23.2 Å². The number of rotatable bonds is 5. The van der Waals surface area contributed by atoms with Crippen molar-refractivity contribution >= 4 is 17.5 Å². The Labute approximate surface area is 154 Å². The van der Waals surface area contributed by atoms with Crippen LogP contribution in [0.2, 0.25) is 5.02 Å². The van der Waals surface area contributed by atoms with Crippen LogP contribution in [-0.2, 0) is 4.74 Å². The van der Waals surface area contributed by atoms with Crippen LogP contribution in [0.3, 0.4) is 0 Å². The highest BCUT2D eigenvalue weighted by Gasteiger charge is 2.51. The molecule has 2 heterocycles. The maximum absolute atomic E-state index is 12.8. The summed E-state index contributed by atoms with van der Waals surface area (Å²) in [4.78, 5) is 17.1. The summed E-state index contributed by atoms with van der Waals surface area (Å²) in [5.74, 6) is 1.21. The molecule has 2 aliphatic heterocycles. The Morgan fingerprint density at radius 3 is 2.84 bits per heavy atom. The van der Waals surface area contributed by atoms with Crippen molar-refractivity contribution in [2.45, 2.75) is 25.3 Å². The SMILES string of the molecule is CCOC[C@@H]1CCN(C)C2(C1)CN(C(=O)c1cc(OC)ccc1Cl)C2. The van der Waals surface area contributed by atoms with Crippen molar-refractivity contribution in [2.24, 2.45) is 5.92 Å². The molecule has 3 rings (SSSR count). The quantitative estimate of drug-likeness (QED) is 0.803. The van der Waals surface area contributed by atoms with Gasteiger partial charge in [0.1, 0.15) is 5.75 Å². The summed E-state index contributed by atoms with van der Waals surface area (Å²) in [6, 6.07) is 5.20. The smallest absolute Gasteiger partial charge is 0.255 e. The molecule has 2 aliphatic rings. The van der Waals surface area contributed by atoms with Crippen LogP contribution >= 0.6 is 11.6 Å². The highest BCUT2D eigenvalue weighted by Crippen LogP contribution is 2.39. The van der Waals surface area contributed by atoms with Crippen LogP contribution in [0.4, 0.5) is 0 Å². The van der Waals surface area contributed by atoms with E-state index in [1.165, 1.54) is 0 Å². The number of benzene rings is 1. The Bertz CT molecular complexity index is 629. The average Bonchev–Trinajstić information content (AvgIpc) is 2.59. The average molecular weight is 367 g/mol. The summed E-state index contributed by atoms with van der Waals surface area (Å²) in [5, 5.41) is 0.470. The van der Waals surface area contributed by atoms with Gasteiger partial charge >= 0.3 is 0 Å². The van der Waals surface area contributed by atoms with Crippen LogP contribution in [-0.4, -0.2) is 68.3 Å². The van der Waals surface area contributed by atoms with Crippen LogP contribution in [0.5, 0.6) is 5.75 Å². The van der Waals surface area contributed by atoms with Crippen molar-refractivity contribution in [2.75, 3.05) is 47.0 Å². The van der Waals surface area contributed by atoms with Crippen molar-refractivity contribution in [3.63, 3.8) is 0 Å². The van der Waals surface area contributed by atoms with Gasteiger partial charge < -0.3 is 14.4 Å². The Kier molecular flexibility index (Phi) is 5.56. The van der Waals surface area contributed by atoms with Gasteiger partial charge in [-0.2, -0.15) is 0 Å². The number of carbonyl (C=O) groups is 1. The van der Waals surface area contributed by atoms with E-state index in [1.54, 1.807) is 25.3 Å². The monoisotopic (exact) mass is 366 g/mol. The number of carbonyl (C=O) groups excluding carboxylic acids is 1. The van der Waals surface area contributed by atoms with Crippen molar-refractivity contribution < 1.29 is 14.3 Å². The zero-order valence-electron chi connectivity index (χ0n) is 15.3. The minimum Gasteiger partial charge on any atom is -0.497 e. The fourth-order valence-corrected chi connectivity index (χ4v) is 4.18. The molecule has 0 N–H and O–H groups in total. The van der Waals surface area contributed by atoms with Gasteiger partial charge in [-0.3, -0.25) is 9.69 Å². The largest absolute Gasteiger partial charge is 0.497 e. The van der Waals surface area contributed by atoms with Crippen molar-refractivity contribution in [3.05, 3.63) is 28.8 Å². The molecule has 25 heavy (non-hydrogen) atoms. The summed E-state index contributed by atoms with van der Waals surface area (Å²) in [6.07, 6.45) is 2.24. The molecule has 2 fully saturated rings. The van der Waals surface area contributed by atoms with Gasteiger partial charge in [0.25, 0.3) is 5.91 Å². The number of likely N-dealkylation sites (N-methyl/N-ethyl adjacent to an activating group) is 1. The zero-order valence-corrected chi connectivity index (χ0v) is 16.0. The van der Waals surface area contributed by atoms with Gasteiger partial charge in [0.15, 0.2) is 0 Å². The number of ether oxygens (including phenoxy) is 2. The molecule has 1 aromatic rings. The summed E-state index contributed by atoms with van der Waals surface area (Å²) in [7, 11) is 3.75. The van der Waals surface area contributed by atoms with E-state index >= 15 is 0 Å². The molecule has 0 saturated carbocycles. The maximum Gasteiger partial charge on any atom is 0.255 e. The van der Waals surface area contributed by atoms with E-state index in [1.807, 2.05) is 11.8 Å². The molecule has 2 saturated heterocycles. The van der Waals surface area contributed by atoms with E-state index in [0.717, 1.165) is 45.7 Å². The number of methoxy groups -OCH3 is 1. The molecule has 1 aromatic carbocycles. The third kappa shape index (κ3) is 3.64. The Balaban J connectivity index is 1.67. The first kappa shape index (κ1) is 18.5. The standard InChI is InChI=1S/C19H27ClN2O3/c1-4-25-11-14-7-8-21(2)19(10-14)12-22(13-19)18(23)16-9-15(24-3)5-6-17(16)20/h5-6,9,14H,4,7-8,10-13H2,1-3H3/t14-/m1/s1. The fraction of sp³-hybridized carbons (Fsp3) is 0.632. The molecule has 5 nitrogen and oxygen atoms in total. The number of halogens is 1. The van der Waals surface area contributed by atoms with E-state index in [2.05, 4.69) is 11.9 Å². The second-order valence-corrected chi connectivity index (χ2v) is 7.58. The molecular formula is C19H27ClN2O3. The zero-order chi connectivity index (χ0) is 18.0. The Hall–Kier alpha value is -1.30. The van der Waals surface area contributed by atoms with E-state index in [-0.39, 0.29) is 11.4 Å². The van der Waals surface area contributed by atoms with Gasteiger partial charge in [-0.25, -0.2) is 0 Å². The maximum atomic E-state index is 12.8. The first-order chi connectivity index (χ1) is 12.0. The van der Waals surface area contributed by atoms with Crippen molar-refractivity contribution in [1.29, 1.82) is 0 Å². The van der Waals surface area contributed by atoms with Crippen molar-refractivity contribution in [1.82, 2.24) is 9.80 Å². The highest BCUT2D eigenvalue weighted by molar-refractivity contribution is 6.33. The highest BCUT2D eigenvalue weighted by atomic mass is 35.5. The van der Waals surface area contributed by atoms with Crippen molar-refractivity contribution in [3.8, 4) is 5.75 Å². The lowest BCUT2D eigenvalue weighted by Gasteiger charge is -2.58. The van der Waals surface area contributed by atoms with E-state index < -0.39 is 0 Å². The molecule has 138 valence electrons. The summed E-state index contributed by atoms with van der Waals surface area (Å²) in [6.45, 7) is 6.17. The number of amides is 1. The van der Waals surface area contributed by atoms with Crippen LogP contribution in [0.1, 0.15) is 30.1 Å². The summed E-state index contributed by atoms with van der Waals surface area (Å²) >= 11 is 6.23. The van der Waals surface area contributed by atoms with Crippen LogP contribution in [0.25, 0.3) is 0 Å². The van der Waals surface area contributed by atoms with E-state index in [0.29, 0.717) is 22.3 Å². The van der Waals surface area contributed by atoms with Crippen LogP contribution in [0.15, 0.2) is 18.2 Å². The van der Waals surface area contributed by atoms with Gasteiger partial charge in [-0.05, 0) is 57.5 Å². The predicted octanol–water partition coefficient (Wildman–Crippen LogP) is 2.92. The first-order valence-electron chi connectivity index (χ1n) is 8.91. The third-order valence-electron chi connectivity index (χ3n) is 5.57. The lowest BCUT2D eigenvalue weighted by Crippen LogP contribution is -2.72. The molecule has 0 aromatic heterocycles. The third-order valence-corrected chi connectivity index (χ3v) is 5.90. The number of hydrogen-bond donors (Lipinski definition) is 0. The minimum absolute atomic E-state index is 0.0187. The number of hydrogen-bond acceptors (Lipinski definition) is 4. The molecule has 1 atom stereocenters. The summed E-state index contributed by atoms with van der Waals surface area (Å²) in [5.41, 5.74) is 0.598. The minimum atomic E-state index is -0.0187. The van der Waals surface area contributed by atoms with Crippen LogP contribution < -0.4 is 4.74 Å². The number of nitrogens with zero attached hydrogens (tertiary/aromatic N) is 2. The van der Waals surface area contributed by atoms with Gasteiger partial charge in [0.2, 0.25) is 0 Å². The second-order valence-electron chi connectivity index (χ2n) is 7.17. The second kappa shape index (κ2) is 7.52. The molecule has 0 radical (unpaired) electrons. The van der Waals surface area contributed by atoms with Gasteiger partial charge in [0, 0.05) is 26.3 Å². The lowest BCUT2D eigenvalue weighted by molar-refractivity contribution is -0.0751. The molecule has 0 aliphatic carbocycles. The van der Waals surface area contributed by atoms with Gasteiger partial charge in [-0.1, -0.05) is 11.6 Å². The molecule has 0 unspecified atom stereocenters. The van der Waals surface area contributed by atoms with E-state index in [9.17, 15) is 4.79 Å².